The van der Waals surface area contributed by atoms with E-state index < -0.39 is 11.8 Å². The number of amides is 1. The van der Waals surface area contributed by atoms with Crippen molar-refractivity contribution in [1.82, 2.24) is 5.32 Å². The average molecular weight is 285 g/mol. The minimum absolute atomic E-state index is 0.219. The Kier molecular flexibility index (Phi) is 3.12. The smallest absolute Gasteiger partial charge is 0.407 e. The average Bonchev–Trinajstić information content (AvgIpc) is 2.48. The van der Waals surface area contributed by atoms with Crippen molar-refractivity contribution in [3.05, 3.63) is 35.9 Å². The Labute approximate surface area is 123 Å². The molecule has 1 aliphatic heterocycles. The molecule has 5 nitrogen and oxygen atoms in total. The summed E-state index contributed by atoms with van der Waals surface area (Å²) in [5.74, 6) is 0. The monoisotopic (exact) mass is 285 g/mol. The van der Waals surface area contributed by atoms with Crippen molar-refractivity contribution in [3.8, 4) is 0 Å². The maximum Gasteiger partial charge on any atom is 0.407 e. The first-order chi connectivity index (χ1) is 10.0. The van der Waals surface area contributed by atoms with Gasteiger partial charge in [-0.1, -0.05) is 24.3 Å². The van der Waals surface area contributed by atoms with Gasteiger partial charge < -0.3 is 20.7 Å². The highest BCUT2D eigenvalue weighted by atomic mass is 16.5. The number of nitrogens with one attached hydrogen (secondary N) is 3. The zero-order valence-electron chi connectivity index (χ0n) is 12.4. The van der Waals surface area contributed by atoms with E-state index in [4.69, 9.17) is 4.74 Å². The van der Waals surface area contributed by atoms with Gasteiger partial charge in [0, 0.05) is 23.8 Å². The first-order valence-corrected chi connectivity index (χ1v) is 6.96. The molecule has 0 saturated carbocycles. The normalized spacial score (nSPS) is 19.6. The van der Waals surface area contributed by atoms with Crippen molar-refractivity contribution in [2.75, 3.05) is 24.3 Å². The van der Waals surface area contributed by atoms with Crippen LogP contribution in [0.15, 0.2) is 30.3 Å². The van der Waals surface area contributed by atoms with Crippen molar-refractivity contribution in [2.45, 2.75) is 19.5 Å². The van der Waals surface area contributed by atoms with Crippen LogP contribution in [0.3, 0.4) is 0 Å². The number of hydrogen-bond donors (Lipinski definition) is 3. The van der Waals surface area contributed by atoms with E-state index in [-0.39, 0.29) is 6.61 Å². The molecular weight excluding hydrogens is 266 g/mol. The van der Waals surface area contributed by atoms with E-state index in [0.29, 0.717) is 0 Å². The molecular formula is C16H19N3O2. The van der Waals surface area contributed by atoms with E-state index in [1.165, 1.54) is 16.3 Å². The van der Waals surface area contributed by atoms with Crippen LogP contribution in [0.5, 0.6) is 0 Å². The number of benzene rings is 2. The van der Waals surface area contributed by atoms with E-state index in [2.05, 4.69) is 41.1 Å². The predicted molar refractivity (Wildman–Crippen MR) is 84.7 cm³/mol. The summed E-state index contributed by atoms with van der Waals surface area (Å²) in [6, 6.07) is 10.4. The standard InChI is InChI=1S/C16H19N3O2/c1-10-7-8-11-5-4-6-12-13(11)14(10)19-16(2,18-12)9-21-15(20)17-3/h4-8,18-19H,9H2,1-3H3,(H,17,20). The zero-order chi connectivity index (χ0) is 15.0. The molecule has 0 radical (unpaired) electrons. The third kappa shape index (κ3) is 2.35. The van der Waals surface area contributed by atoms with Crippen LogP contribution in [0, 0.1) is 6.92 Å². The molecule has 0 spiro atoms. The van der Waals surface area contributed by atoms with Crippen molar-refractivity contribution < 1.29 is 9.53 Å². The lowest BCUT2D eigenvalue weighted by atomic mass is 9.98. The van der Waals surface area contributed by atoms with Crippen LogP contribution in [0.4, 0.5) is 16.2 Å². The molecule has 0 fully saturated rings. The molecule has 1 heterocycles. The second-order valence-corrected chi connectivity index (χ2v) is 5.57. The van der Waals surface area contributed by atoms with Gasteiger partial charge in [-0.3, -0.25) is 0 Å². The number of anilines is 2. The third-order valence-electron chi connectivity index (χ3n) is 3.76. The summed E-state index contributed by atoms with van der Waals surface area (Å²) in [5.41, 5.74) is 2.76. The Morgan fingerprint density at radius 2 is 2.10 bits per heavy atom. The van der Waals surface area contributed by atoms with Crippen LogP contribution in [-0.2, 0) is 4.74 Å². The minimum Gasteiger partial charge on any atom is -0.445 e. The summed E-state index contributed by atoms with van der Waals surface area (Å²) in [5, 5.41) is 11.7. The fourth-order valence-electron chi connectivity index (χ4n) is 2.71. The van der Waals surface area contributed by atoms with Gasteiger partial charge in [-0.25, -0.2) is 4.79 Å². The van der Waals surface area contributed by atoms with Crippen molar-refractivity contribution in [1.29, 1.82) is 0 Å². The molecule has 0 saturated heterocycles. The topological polar surface area (TPSA) is 62.4 Å². The Balaban J connectivity index is 1.98. The summed E-state index contributed by atoms with van der Waals surface area (Å²) < 4.78 is 5.21. The van der Waals surface area contributed by atoms with Crippen LogP contribution in [0.25, 0.3) is 10.8 Å². The highest BCUT2D eigenvalue weighted by molar-refractivity contribution is 6.06. The molecule has 1 aliphatic rings. The molecule has 110 valence electrons. The van der Waals surface area contributed by atoms with Gasteiger partial charge in [0.25, 0.3) is 0 Å². The van der Waals surface area contributed by atoms with Crippen molar-refractivity contribution in [3.63, 3.8) is 0 Å². The second kappa shape index (κ2) is 4.84. The van der Waals surface area contributed by atoms with Crippen LogP contribution < -0.4 is 16.0 Å². The van der Waals surface area contributed by atoms with Crippen molar-refractivity contribution in [2.24, 2.45) is 0 Å². The molecule has 0 bridgehead atoms. The molecule has 0 aliphatic carbocycles. The van der Waals surface area contributed by atoms with E-state index >= 15 is 0 Å². The fourth-order valence-corrected chi connectivity index (χ4v) is 2.71. The summed E-state index contributed by atoms with van der Waals surface area (Å²) in [7, 11) is 1.55. The molecule has 1 unspecified atom stereocenters. The van der Waals surface area contributed by atoms with E-state index in [0.717, 1.165) is 11.4 Å². The second-order valence-electron chi connectivity index (χ2n) is 5.57. The van der Waals surface area contributed by atoms with Gasteiger partial charge in [-0.05, 0) is 30.9 Å². The zero-order valence-corrected chi connectivity index (χ0v) is 12.4. The lowest BCUT2D eigenvalue weighted by Crippen LogP contribution is -2.50. The third-order valence-corrected chi connectivity index (χ3v) is 3.76. The van der Waals surface area contributed by atoms with Crippen LogP contribution >= 0.6 is 0 Å². The largest absolute Gasteiger partial charge is 0.445 e. The van der Waals surface area contributed by atoms with Gasteiger partial charge >= 0.3 is 6.09 Å². The molecule has 0 aromatic heterocycles. The minimum atomic E-state index is -0.542. The number of aryl methyl sites for hydroxylation is 1. The Morgan fingerprint density at radius 3 is 2.86 bits per heavy atom. The van der Waals surface area contributed by atoms with Gasteiger partial charge in [-0.2, -0.15) is 0 Å². The molecule has 1 atom stereocenters. The van der Waals surface area contributed by atoms with E-state index in [1.807, 2.05) is 19.1 Å². The number of carbonyl (C=O) groups is 1. The van der Waals surface area contributed by atoms with E-state index in [1.54, 1.807) is 7.05 Å². The summed E-state index contributed by atoms with van der Waals surface area (Å²) in [6.07, 6.45) is -0.436. The molecule has 21 heavy (non-hydrogen) atoms. The summed E-state index contributed by atoms with van der Waals surface area (Å²) >= 11 is 0. The van der Waals surface area contributed by atoms with Crippen LogP contribution in [-0.4, -0.2) is 25.4 Å². The van der Waals surface area contributed by atoms with Gasteiger partial charge in [0.05, 0.1) is 0 Å². The Hall–Kier alpha value is -2.43. The number of alkyl carbamates (subject to hydrolysis) is 1. The number of carbonyl (C=O) groups excluding carboxylic acids is 1. The summed E-state index contributed by atoms with van der Waals surface area (Å²) in [4.78, 5) is 11.3. The number of ether oxygens (including phenoxy) is 1. The molecule has 3 N–H and O–H groups in total. The van der Waals surface area contributed by atoms with Crippen LogP contribution in [0.2, 0.25) is 0 Å². The molecule has 1 amide bonds. The van der Waals surface area contributed by atoms with Gasteiger partial charge in [0.1, 0.15) is 12.3 Å². The van der Waals surface area contributed by atoms with Crippen LogP contribution in [0.1, 0.15) is 12.5 Å². The van der Waals surface area contributed by atoms with Gasteiger partial charge in [0.15, 0.2) is 0 Å². The highest BCUT2D eigenvalue weighted by Gasteiger charge is 2.31. The maximum atomic E-state index is 11.3. The number of rotatable bonds is 2. The van der Waals surface area contributed by atoms with Gasteiger partial charge in [0.2, 0.25) is 0 Å². The molecule has 5 heteroatoms. The lowest BCUT2D eigenvalue weighted by molar-refractivity contribution is 0.132. The molecule has 3 rings (SSSR count). The fraction of sp³-hybridized carbons (Fsp3) is 0.312. The summed E-state index contributed by atoms with van der Waals surface area (Å²) in [6.45, 7) is 4.27. The Morgan fingerprint density at radius 1 is 1.29 bits per heavy atom. The van der Waals surface area contributed by atoms with E-state index in [9.17, 15) is 4.79 Å². The lowest BCUT2D eigenvalue weighted by Gasteiger charge is -2.38. The Bertz CT molecular complexity index is 714. The highest BCUT2D eigenvalue weighted by Crippen LogP contribution is 2.39. The molecule has 2 aromatic carbocycles. The van der Waals surface area contributed by atoms with Crippen molar-refractivity contribution >= 4 is 28.2 Å². The SMILES string of the molecule is CNC(=O)OCC1(C)Nc2cccc3ccc(C)c(c23)N1. The quantitative estimate of drug-likeness (QED) is 0.793. The predicted octanol–water partition coefficient (Wildman–Crippen LogP) is 3.06. The number of hydrogen-bond acceptors (Lipinski definition) is 4. The molecule has 2 aromatic rings. The first-order valence-electron chi connectivity index (χ1n) is 6.96. The maximum absolute atomic E-state index is 11.3. The first kappa shape index (κ1) is 13.5. The van der Waals surface area contributed by atoms with Gasteiger partial charge in [-0.15, -0.1) is 0 Å².